The molecule has 136 valence electrons. The Labute approximate surface area is 159 Å². The van der Waals surface area contributed by atoms with Crippen molar-refractivity contribution in [2.45, 2.75) is 13.3 Å². The Balaban J connectivity index is 1.36. The predicted octanol–water partition coefficient (Wildman–Crippen LogP) is 3.62. The first-order valence-corrected chi connectivity index (χ1v) is 9.61. The summed E-state index contributed by atoms with van der Waals surface area (Å²) >= 11 is 6.16. The minimum atomic E-state index is 0.215. The van der Waals surface area contributed by atoms with Gasteiger partial charge >= 0.3 is 0 Å². The van der Waals surface area contributed by atoms with E-state index < -0.39 is 0 Å². The SMILES string of the molecule is Cc1ccc(Cl)cc1N1CCN(CC(=O)c2ccc3c(c2)CCN3)CC1. The second kappa shape index (κ2) is 7.29. The van der Waals surface area contributed by atoms with Gasteiger partial charge in [0.25, 0.3) is 0 Å². The zero-order valence-corrected chi connectivity index (χ0v) is 15.9. The summed E-state index contributed by atoms with van der Waals surface area (Å²) in [6.07, 6.45) is 1.01. The van der Waals surface area contributed by atoms with E-state index in [2.05, 4.69) is 34.2 Å². The van der Waals surface area contributed by atoms with Crippen molar-refractivity contribution in [3.8, 4) is 0 Å². The van der Waals surface area contributed by atoms with Crippen LogP contribution in [0.4, 0.5) is 11.4 Å². The zero-order chi connectivity index (χ0) is 18.1. The van der Waals surface area contributed by atoms with Gasteiger partial charge in [0.2, 0.25) is 0 Å². The first kappa shape index (κ1) is 17.4. The fourth-order valence-electron chi connectivity index (χ4n) is 3.84. The first-order chi connectivity index (χ1) is 12.6. The molecular weight excluding hydrogens is 346 g/mol. The number of carbonyl (C=O) groups is 1. The van der Waals surface area contributed by atoms with E-state index in [0.29, 0.717) is 6.54 Å². The third-order valence-corrected chi connectivity index (χ3v) is 5.62. The highest BCUT2D eigenvalue weighted by molar-refractivity contribution is 6.30. The van der Waals surface area contributed by atoms with Crippen molar-refractivity contribution in [2.24, 2.45) is 0 Å². The fraction of sp³-hybridized carbons (Fsp3) is 0.381. The third kappa shape index (κ3) is 3.57. The number of nitrogens with zero attached hydrogens (tertiary/aromatic N) is 2. The predicted molar refractivity (Wildman–Crippen MR) is 108 cm³/mol. The number of nitrogens with one attached hydrogen (secondary N) is 1. The standard InChI is InChI=1S/C21H24ClN3O/c1-15-2-4-18(22)13-20(15)25-10-8-24(9-11-25)14-21(26)17-3-5-19-16(12-17)6-7-23-19/h2-5,12-13,23H,6-11,14H2,1H3. The molecule has 0 saturated carbocycles. The van der Waals surface area contributed by atoms with E-state index in [0.717, 1.165) is 49.7 Å². The molecular formula is C21H24ClN3O. The van der Waals surface area contributed by atoms with Crippen LogP contribution in [0.2, 0.25) is 5.02 Å². The maximum Gasteiger partial charge on any atom is 0.176 e. The molecule has 26 heavy (non-hydrogen) atoms. The minimum Gasteiger partial charge on any atom is -0.384 e. The molecule has 4 nitrogen and oxygen atoms in total. The molecule has 2 aromatic carbocycles. The van der Waals surface area contributed by atoms with Gasteiger partial charge in [-0.15, -0.1) is 0 Å². The van der Waals surface area contributed by atoms with Crippen molar-refractivity contribution in [3.63, 3.8) is 0 Å². The summed E-state index contributed by atoms with van der Waals surface area (Å²) in [7, 11) is 0. The Morgan fingerprint density at radius 3 is 2.73 bits per heavy atom. The molecule has 1 saturated heterocycles. The Bertz CT molecular complexity index is 828. The van der Waals surface area contributed by atoms with E-state index >= 15 is 0 Å². The van der Waals surface area contributed by atoms with E-state index in [1.807, 2.05) is 24.3 Å². The highest BCUT2D eigenvalue weighted by Gasteiger charge is 2.21. The number of rotatable bonds is 4. The summed E-state index contributed by atoms with van der Waals surface area (Å²) in [5.41, 5.74) is 5.71. The number of hydrogen-bond donors (Lipinski definition) is 1. The number of fused-ring (bicyclic) bond motifs is 1. The first-order valence-electron chi connectivity index (χ1n) is 9.23. The monoisotopic (exact) mass is 369 g/mol. The summed E-state index contributed by atoms with van der Waals surface area (Å²) in [5.74, 6) is 0.215. The lowest BCUT2D eigenvalue weighted by molar-refractivity contribution is 0.0926. The van der Waals surface area contributed by atoms with Gasteiger partial charge in [0.05, 0.1) is 6.54 Å². The molecule has 0 unspecified atom stereocenters. The lowest BCUT2D eigenvalue weighted by atomic mass is 10.0. The molecule has 0 amide bonds. The maximum absolute atomic E-state index is 12.7. The molecule has 0 spiro atoms. The molecule has 0 aliphatic carbocycles. The number of carbonyl (C=O) groups excluding carboxylic acids is 1. The number of anilines is 2. The largest absolute Gasteiger partial charge is 0.384 e. The van der Waals surface area contributed by atoms with Gasteiger partial charge < -0.3 is 10.2 Å². The van der Waals surface area contributed by atoms with Crippen LogP contribution < -0.4 is 10.2 Å². The van der Waals surface area contributed by atoms with E-state index in [-0.39, 0.29) is 5.78 Å². The Kier molecular flexibility index (Phi) is 4.88. The molecule has 5 heteroatoms. The number of benzene rings is 2. The Morgan fingerprint density at radius 1 is 1.12 bits per heavy atom. The lowest BCUT2D eigenvalue weighted by Crippen LogP contribution is -2.48. The van der Waals surface area contributed by atoms with Crippen LogP contribution in [0.3, 0.4) is 0 Å². The summed E-state index contributed by atoms with van der Waals surface area (Å²) in [5, 5.41) is 4.11. The number of Topliss-reactive ketones (excluding diaryl/α,β-unsaturated/α-hetero) is 1. The van der Waals surface area contributed by atoms with Crippen LogP contribution >= 0.6 is 11.6 Å². The van der Waals surface area contributed by atoms with E-state index in [1.54, 1.807) is 0 Å². The molecule has 0 radical (unpaired) electrons. The number of halogens is 1. The van der Waals surface area contributed by atoms with Gasteiger partial charge in [-0.25, -0.2) is 0 Å². The molecule has 2 heterocycles. The van der Waals surface area contributed by atoms with E-state index in [9.17, 15) is 4.79 Å². The van der Waals surface area contributed by atoms with Crippen molar-refractivity contribution in [2.75, 3.05) is 49.5 Å². The van der Waals surface area contributed by atoms with Crippen LogP contribution in [-0.2, 0) is 6.42 Å². The molecule has 1 fully saturated rings. The summed E-state index contributed by atoms with van der Waals surface area (Å²) in [6.45, 7) is 7.20. The quantitative estimate of drug-likeness (QED) is 0.835. The number of ketones is 1. The topological polar surface area (TPSA) is 35.6 Å². The summed E-state index contributed by atoms with van der Waals surface area (Å²) < 4.78 is 0. The van der Waals surface area contributed by atoms with Crippen molar-refractivity contribution in [1.29, 1.82) is 0 Å². The van der Waals surface area contributed by atoms with E-state index in [1.165, 1.54) is 22.5 Å². The van der Waals surface area contributed by atoms with Crippen LogP contribution in [0.25, 0.3) is 0 Å². The maximum atomic E-state index is 12.7. The average Bonchev–Trinajstić information content (AvgIpc) is 3.12. The van der Waals surface area contributed by atoms with Crippen molar-refractivity contribution < 1.29 is 4.79 Å². The van der Waals surface area contributed by atoms with Gasteiger partial charge in [-0.1, -0.05) is 17.7 Å². The molecule has 0 aromatic heterocycles. The average molecular weight is 370 g/mol. The molecule has 1 N–H and O–H groups in total. The molecule has 2 aliphatic rings. The molecule has 2 aliphatic heterocycles. The van der Waals surface area contributed by atoms with Gasteiger partial charge in [-0.2, -0.15) is 0 Å². The minimum absolute atomic E-state index is 0.215. The molecule has 4 rings (SSSR count). The van der Waals surface area contributed by atoms with Crippen LogP contribution in [0, 0.1) is 6.92 Å². The third-order valence-electron chi connectivity index (χ3n) is 5.39. The van der Waals surface area contributed by atoms with E-state index in [4.69, 9.17) is 11.6 Å². The fourth-order valence-corrected chi connectivity index (χ4v) is 4.01. The van der Waals surface area contributed by atoms with Crippen LogP contribution in [0.5, 0.6) is 0 Å². The molecule has 0 bridgehead atoms. The second-order valence-corrected chi connectivity index (χ2v) is 7.60. The zero-order valence-electron chi connectivity index (χ0n) is 15.1. The summed E-state index contributed by atoms with van der Waals surface area (Å²) in [6, 6.07) is 12.1. The molecule has 2 aromatic rings. The van der Waals surface area contributed by atoms with Gasteiger partial charge in [-0.3, -0.25) is 9.69 Å². The van der Waals surface area contributed by atoms with Crippen LogP contribution in [0.15, 0.2) is 36.4 Å². The number of aryl methyl sites for hydroxylation is 1. The lowest BCUT2D eigenvalue weighted by Gasteiger charge is -2.36. The second-order valence-electron chi connectivity index (χ2n) is 7.17. The van der Waals surface area contributed by atoms with Crippen LogP contribution in [0.1, 0.15) is 21.5 Å². The van der Waals surface area contributed by atoms with Gasteiger partial charge in [0, 0.05) is 54.7 Å². The number of piperazine rings is 1. The highest BCUT2D eigenvalue weighted by atomic mass is 35.5. The van der Waals surface area contributed by atoms with Gasteiger partial charge in [0.15, 0.2) is 5.78 Å². The van der Waals surface area contributed by atoms with Crippen molar-refractivity contribution >= 4 is 28.8 Å². The normalized spacial score (nSPS) is 17.1. The number of hydrogen-bond acceptors (Lipinski definition) is 4. The van der Waals surface area contributed by atoms with Crippen molar-refractivity contribution in [3.05, 3.63) is 58.1 Å². The van der Waals surface area contributed by atoms with Gasteiger partial charge in [0.1, 0.15) is 0 Å². The Morgan fingerprint density at radius 2 is 1.92 bits per heavy atom. The van der Waals surface area contributed by atoms with Crippen LogP contribution in [-0.4, -0.2) is 50.0 Å². The molecule has 0 atom stereocenters. The van der Waals surface area contributed by atoms with Crippen molar-refractivity contribution in [1.82, 2.24) is 4.90 Å². The Hall–Kier alpha value is -2.04. The summed E-state index contributed by atoms with van der Waals surface area (Å²) in [4.78, 5) is 17.3. The van der Waals surface area contributed by atoms with Gasteiger partial charge in [-0.05, 0) is 54.8 Å². The smallest absolute Gasteiger partial charge is 0.176 e. The highest BCUT2D eigenvalue weighted by Crippen LogP contribution is 2.26.